The van der Waals surface area contributed by atoms with Crippen molar-refractivity contribution in [2.45, 2.75) is 27.7 Å². The maximum absolute atomic E-state index is 5.17. The summed E-state index contributed by atoms with van der Waals surface area (Å²) in [5.41, 5.74) is 18.9. The molecule has 623 valence electrons. The normalized spacial score (nSPS) is 11.3. The fourth-order valence-electron chi connectivity index (χ4n) is 18.4. The van der Waals surface area contributed by atoms with E-state index >= 15 is 0 Å². The van der Waals surface area contributed by atoms with Crippen LogP contribution in [-0.2, 0) is 40.2 Å². The topological polar surface area (TPSA) is 51.6 Å². The summed E-state index contributed by atoms with van der Waals surface area (Å²) in [5, 5.41) is 28.1. The summed E-state index contributed by atoms with van der Waals surface area (Å²) in [4.78, 5) is 20.4. The van der Waals surface area contributed by atoms with Crippen molar-refractivity contribution in [1.82, 2.24) is 19.9 Å². The average molecular weight is 2280 g/mol. The summed E-state index contributed by atoms with van der Waals surface area (Å²) in [6.07, 6.45) is 7.96. The number of hydrogen-bond acceptors (Lipinski definition) is 4. The number of hydrogen-bond donors (Lipinski definition) is 0. The van der Waals surface area contributed by atoms with Gasteiger partial charge < -0.3 is 19.9 Å². The third-order valence-electron chi connectivity index (χ3n) is 24.4. The maximum Gasteiger partial charge on any atom is 3.00 e. The molecule has 47 rings (SSSR count). The van der Waals surface area contributed by atoms with Gasteiger partial charge in [-0.25, -0.2) is 0 Å². The van der Waals surface area contributed by atoms with Gasteiger partial charge >= 0.3 is 20.1 Å². The van der Waals surface area contributed by atoms with Gasteiger partial charge in [-0.05, 0) is 217 Å². The van der Waals surface area contributed by atoms with Crippen LogP contribution in [0.15, 0.2) is 407 Å². The van der Waals surface area contributed by atoms with E-state index in [1.165, 1.54) is 55.6 Å². The molecular weight excluding hydrogens is 2200 g/mol. The van der Waals surface area contributed by atoms with Gasteiger partial charge in [-0.3, -0.25) is 0 Å². The molecule has 0 aliphatic heterocycles. The second-order valence-corrected chi connectivity index (χ2v) is 36.3. The quantitative estimate of drug-likeness (QED) is 0.161. The van der Waals surface area contributed by atoms with Crippen molar-refractivity contribution in [3.8, 4) is 55.8 Å². The van der Waals surface area contributed by atoms with Crippen molar-refractivity contribution in [3.05, 3.63) is 453 Å². The third kappa shape index (κ3) is 17.3. The Morgan fingerprint density at radius 3 is 0.785 bits per heavy atom. The van der Waals surface area contributed by atoms with Gasteiger partial charge in [-0.15, -0.1) is 94.5 Å². The third-order valence-corrected chi connectivity index (χ3v) is 27.0. The largest absolute Gasteiger partial charge is 3.00 e. The minimum Gasteiger partial charge on any atom is -0.304 e. The molecule has 18 bridgehead atoms. The zero-order chi connectivity index (χ0) is 86.6. The minimum absolute atomic E-state index is 0. The predicted octanol–water partition coefficient (Wildman–Crippen LogP) is 35.1. The molecule has 0 atom stereocenters. The van der Waals surface area contributed by atoms with Crippen LogP contribution < -0.4 is 0 Å². The summed E-state index contributed by atoms with van der Waals surface area (Å²) in [5.74, 6) is 0. The molecule has 0 aliphatic carbocycles. The van der Waals surface area contributed by atoms with Crippen LogP contribution in [0.1, 0.15) is 22.3 Å². The molecule has 47 aromatic rings. The molecule has 0 saturated heterocycles. The van der Waals surface area contributed by atoms with Crippen molar-refractivity contribution in [3.63, 3.8) is 0 Å². The minimum atomic E-state index is 0. The molecule has 130 heavy (non-hydrogen) atoms. The summed E-state index contributed by atoms with van der Waals surface area (Å²) >= 11 is 16.1. The van der Waals surface area contributed by atoms with E-state index in [2.05, 4.69) is 480 Å². The first-order valence-corrected chi connectivity index (χ1v) is 45.8. The van der Waals surface area contributed by atoms with Gasteiger partial charge in [0.15, 0.2) is 0 Å². The van der Waals surface area contributed by atoms with Crippen molar-refractivity contribution in [2.24, 2.45) is 0 Å². The predicted molar refractivity (Wildman–Crippen MR) is 558 cm³/mol. The summed E-state index contributed by atoms with van der Waals surface area (Å²) in [6, 6.07) is 145. The number of rotatable bonds is 5. The van der Waals surface area contributed by atoms with Crippen LogP contribution in [0, 0.1) is 52.0 Å². The van der Waals surface area contributed by atoms with E-state index in [0.717, 1.165) is 202 Å². The van der Waals surface area contributed by atoms with Crippen molar-refractivity contribution in [1.29, 1.82) is 0 Å². The van der Waals surface area contributed by atoms with Crippen LogP contribution >= 0.6 is 63.7 Å². The van der Waals surface area contributed by atoms with E-state index in [4.69, 9.17) is 19.9 Å². The molecule has 20 heterocycles. The molecule has 4 nitrogen and oxygen atoms in total. The molecule has 0 N–H and O–H groups in total. The Bertz CT molecular complexity index is 8060. The monoisotopic (exact) mass is 2270 g/mol. The van der Waals surface area contributed by atoms with Crippen LogP contribution in [0.3, 0.4) is 0 Å². The molecule has 27 aromatic carbocycles. The first-order chi connectivity index (χ1) is 62.7. The van der Waals surface area contributed by atoms with Crippen LogP contribution in [-0.4, -0.2) is 19.9 Å². The molecule has 0 unspecified atom stereocenters. The number of aryl methyl sites for hydroxylation is 4. The van der Waals surface area contributed by atoms with Crippen LogP contribution in [0.5, 0.6) is 0 Å². The zero-order valence-electron chi connectivity index (χ0n) is 70.9. The average Bonchev–Trinajstić information content (AvgIpc) is 0.763. The van der Waals surface area contributed by atoms with Gasteiger partial charge in [-0.2, -0.15) is 0 Å². The first kappa shape index (κ1) is 86.7. The Labute approximate surface area is 814 Å². The van der Waals surface area contributed by atoms with Crippen molar-refractivity contribution < 1.29 is 40.2 Å². The second-order valence-electron chi connectivity index (χ2n) is 32.9. The maximum atomic E-state index is 5.17. The number of pyridine rings is 4. The van der Waals surface area contributed by atoms with E-state index in [-0.39, 0.29) is 40.2 Å². The van der Waals surface area contributed by atoms with E-state index in [1.807, 2.05) is 24.8 Å². The van der Waals surface area contributed by atoms with Gasteiger partial charge in [0, 0.05) is 44.9 Å². The number of aromatic nitrogens is 4. The summed E-state index contributed by atoms with van der Waals surface area (Å²) in [6.45, 7) is 8.60. The van der Waals surface area contributed by atoms with E-state index < -0.39 is 0 Å². The molecule has 0 amide bonds. The van der Waals surface area contributed by atoms with Gasteiger partial charge in [0.2, 0.25) is 0 Å². The Kier molecular flexibility index (Phi) is 25.0. The van der Waals surface area contributed by atoms with E-state index in [0.29, 0.717) is 0 Å². The molecule has 20 aromatic heterocycles. The Morgan fingerprint density at radius 1 is 0.208 bits per heavy atom. The number of halogens is 4. The fraction of sp³-hybridized carbons (Fsp3) is 0.0333. The number of nitrogens with zero attached hydrogens (tertiary/aromatic N) is 4. The molecule has 0 spiro atoms. The van der Waals surface area contributed by atoms with E-state index in [1.54, 1.807) is 0 Å². The fourth-order valence-corrected chi connectivity index (χ4v) is 20.6. The number of benzene rings is 16. The standard InChI is InChI=1S/C81H45Br3N3.C39H31BrN.2Ir/c82-76-43-49-25-31-73(76)70-22-10-7-19-67(70)58-40-59-42-60(41-58)69-21-9-12-24-72(69)75-33-27-51(45-78(75)84)81-36-30-54(48-87-81)63-15-3-6-18-66(63)57-38-55(64-16-4-1-13-61(64)52-28-34-79(49)85-46-52)37-56(39-57)65-17-5-2-14-62(65)53-29-35-80(86-47-53)50-26-32-74(77(83)44-50)71-23-11-8-20-68(59)71;1-25-17-26(2)20-31(19-25)34-10-6-5-9-33(34)30-14-16-39(41-24-30)29-13-15-37(38(40)23-29)36-12-8-7-11-35(36)32-21-27(3)18-28(4)22-32;;/h1-24,28-48H;5-12,14-24H,1-4H3;;/q-3;-1;;+3. The van der Waals surface area contributed by atoms with Gasteiger partial charge in [-0.1, -0.05) is 426 Å². The molecule has 10 heteroatoms. The van der Waals surface area contributed by atoms with Crippen LogP contribution in [0.4, 0.5) is 0 Å². The van der Waals surface area contributed by atoms with Crippen LogP contribution in [0.25, 0.3) is 218 Å². The molecule has 1 radical (unpaired) electrons. The Hall–Kier alpha value is -12.7. The SMILES string of the molecule is Brc1cc2[c-]cc1c1ccccc1c1cc3cc(c1)c1ccccc1c1c[c-]c(cc1Br)c1ccc(cn1)c1ccccc1c1cc(cc(c1)c1ccccc1c1ccc(nc1)c1[c-]cc(c(Br)c1)c1ccccc31)c1ccccc1c1ccc2nc1.Cc1cc(C)cc(-c2ccccc2-c2ccc(-c3[c-]cc(-c4ccccc4-c4cc(C)cc(C)c4)c(Br)c3)nc2)c1.[Ir+3].[Ir]. The molecular formula is C120H76Br4Ir2N4-. The van der Waals surface area contributed by atoms with Gasteiger partial charge in [0.1, 0.15) is 0 Å². The first-order valence-electron chi connectivity index (χ1n) is 42.6. The Balaban J connectivity index is 0.000000214. The molecule has 0 saturated carbocycles. The smallest absolute Gasteiger partial charge is 0.304 e. The molecule has 0 fully saturated rings. The van der Waals surface area contributed by atoms with E-state index in [9.17, 15) is 0 Å². The summed E-state index contributed by atoms with van der Waals surface area (Å²) in [7, 11) is 0. The van der Waals surface area contributed by atoms with Gasteiger partial charge in [0.05, 0.1) is 0 Å². The Morgan fingerprint density at radius 2 is 0.492 bits per heavy atom. The zero-order valence-corrected chi connectivity index (χ0v) is 82.1. The van der Waals surface area contributed by atoms with Crippen LogP contribution in [0.2, 0.25) is 0 Å². The molecule has 0 aliphatic rings. The van der Waals surface area contributed by atoms with Crippen molar-refractivity contribution >= 4 is 226 Å². The summed E-state index contributed by atoms with van der Waals surface area (Å²) < 4.78 is 3.85. The second kappa shape index (κ2) is 37.4. The van der Waals surface area contributed by atoms with Gasteiger partial charge in [0.25, 0.3) is 0 Å². The van der Waals surface area contributed by atoms with Crippen molar-refractivity contribution in [2.75, 3.05) is 0 Å².